The van der Waals surface area contributed by atoms with Crippen molar-refractivity contribution in [3.63, 3.8) is 0 Å². The number of hydrogen-bond acceptors (Lipinski definition) is 1. The van der Waals surface area contributed by atoms with Gasteiger partial charge in [-0.05, 0) is 12.8 Å². The lowest BCUT2D eigenvalue weighted by atomic mass is 10.2. The maximum Gasteiger partial charge on any atom is 0.220 e. The lowest BCUT2D eigenvalue weighted by Crippen LogP contribution is -2.34. The van der Waals surface area contributed by atoms with Crippen LogP contribution in [0.25, 0.3) is 0 Å². The number of rotatable bonds is 0. The Morgan fingerprint density at radius 2 is 2.50 bits per heavy atom. The van der Waals surface area contributed by atoms with Crippen molar-refractivity contribution in [1.82, 2.24) is 5.32 Å². The second-order valence-electron chi connectivity index (χ2n) is 1.93. The Morgan fingerprint density at radius 1 is 1.75 bits per heavy atom. The molecule has 0 spiro atoms. The summed E-state index contributed by atoms with van der Waals surface area (Å²) in [5.74, 6) is 0.204. The van der Waals surface area contributed by atoms with Crippen LogP contribution in [0, 0.1) is 0 Å². The molecule has 1 aliphatic heterocycles. The Kier molecular flexibility index (Phi) is 2.10. The third kappa shape index (κ3) is 1.61. The molecule has 1 fully saturated rings. The van der Waals surface area contributed by atoms with Crippen LogP contribution in [0.5, 0.6) is 0 Å². The maximum atomic E-state index is 10.6. The predicted molar refractivity (Wildman–Crippen MR) is 39.8 cm³/mol. The summed E-state index contributed by atoms with van der Waals surface area (Å²) < 4.78 is 0.383. The molecule has 3 heteroatoms. The highest BCUT2D eigenvalue weighted by Gasteiger charge is 2.13. The molecule has 2 nitrogen and oxygen atoms in total. The molecule has 1 rings (SSSR count). The van der Waals surface area contributed by atoms with Crippen LogP contribution in [0.3, 0.4) is 0 Å². The van der Waals surface area contributed by atoms with Crippen molar-refractivity contribution in [3.05, 3.63) is 0 Å². The van der Waals surface area contributed by atoms with Crippen LogP contribution < -0.4 is 5.32 Å². The lowest BCUT2D eigenvalue weighted by Gasteiger charge is -2.16. The van der Waals surface area contributed by atoms with Gasteiger partial charge in [0.2, 0.25) is 5.91 Å². The Morgan fingerprint density at radius 3 is 2.88 bits per heavy atom. The van der Waals surface area contributed by atoms with Crippen LogP contribution in [0.15, 0.2) is 0 Å². The van der Waals surface area contributed by atoms with E-state index in [-0.39, 0.29) is 5.91 Å². The van der Waals surface area contributed by atoms with Crippen LogP contribution in [-0.4, -0.2) is 9.96 Å². The van der Waals surface area contributed by atoms with Crippen molar-refractivity contribution < 1.29 is 4.79 Å². The molecule has 1 N–H and O–H groups in total. The van der Waals surface area contributed by atoms with Crippen molar-refractivity contribution >= 4 is 28.5 Å². The van der Waals surface area contributed by atoms with Crippen LogP contribution in [-0.2, 0) is 4.79 Å². The first-order chi connectivity index (χ1) is 3.79. The molecule has 1 amide bonds. The van der Waals surface area contributed by atoms with Gasteiger partial charge in [0.1, 0.15) is 0 Å². The molecule has 1 heterocycles. The van der Waals surface area contributed by atoms with E-state index in [1.54, 1.807) is 0 Å². The zero-order chi connectivity index (χ0) is 5.98. The molecule has 1 saturated heterocycles. The lowest BCUT2D eigenvalue weighted by molar-refractivity contribution is -0.122. The number of carbonyl (C=O) groups is 1. The first kappa shape index (κ1) is 6.32. The molecule has 1 atom stereocenters. The summed E-state index contributed by atoms with van der Waals surface area (Å²) >= 11 is 2.24. The third-order valence-corrected chi connectivity index (χ3v) is 2.11. The number of hydrogen-bond donors (Lipinski definition) is 1. The molecule has 8 heavy (non-hydrogen) atoms. The smallest absolute Gasteiger partial charge is 0.220 e. The normalized spacial score (nSPS) is 29.6. The quantitative estimate of drug-likeness (QED) is 0.372. The number of halogens is 1. The molecule has 0 saturated carbocycles. The highest BCUT2D eigenvalue weighted by Crippen LogP contribution is 2.12. The van der Waals surface area contributed by atoms with E-state index in [9.17, 15) is 4.79 Å². The number of alkyl halides is 1. The van der Waals surface area contributed by atoms with Crippen molar-refractivity contribution in [2.24, 2.45) is 0 Å². The van der Waals surface area contributed by atoms with E-state index in [4.69, 9.17) is 0 Å². The summed E-state index contributed by atoms with van der Waals surface area (Å²) in [5.41, 5.74) is 0. The second kappa shape index (κ2) is 2.66. The summed E-state index contributed by atoms with van der Waals surface area (Å²) in [6.07, 6.45) is 2.91. The van der Waals surface area contributed by atoms with Gasteiger partial charge < -0.3 is 5.32 Å². The fourth-order valence-electron chi connectivity index (χ4n) is 0.761. The summed E-state index contributed by atoms with van der Waals surface area (Å²) in [5, 5.41) is 2.83. The number of amides is 1. The van der Waals surface area contributed by atoms with E-state index in [1.807, 2.05) is 0 Å². The van der Waals surface area contributed by atoms with E-state index >= 15 is 0 Å². The standard InChI is InChI=1S/C5H8INO/c6-4-2-1-3-5(8)7-4/h4H,1-3H2,(H,7,8). The fraction of sp³-hybridized carbons (Fsp3) is 0.800. The third-order valence-electron chi connectivity index (χ3n) is 1.18. The molecular formula is C5H8INO. The van der Waals surface area contributed by atoms with Gasteiger partial charge in [0, 0.05) is 6.42 Å². The van der Waals surface area contributed by atoms with Crippen LogP contribution >= 0.6 is 22.6 Å². The van der Waals surface area contributed by atoms with Gasteiger partial charge in [0.25, 0.3) is 0 Å². The maximum absolute atomic E-state index is 10.6. The van der Waals surface area contributed by atoms with Crippen molar-refractivity contribution in [2.45, 2.75) is 23.3 Å². The van der Waals surface area contributed by atoms with Gasteiger partial charge in [0.05, 0.1) is 4.05 Å². The van der Waals surface area contributed by atoms with E-state index in [1.165, 1.54) is 0 Å². The molecule has 1 unspecified atom stereocenters. The minimum Gasteiger partial charge on any atom is -0.344 e. The molecule has 1 aliphatic rings. The predicted octanol–water partition coefficient (Wildman–Crippen LogP) is 1.05. The molecule has 46 valence electrons. The zero-order valence-electron chi connectivity index (χ0n) is 4.48. The molecule has 0 bridgehead atoms. The summed E-state index contributed by atoms with van der Waals surface area (Å²) in [7, 11) is 0. The van der Waals surface area contributed by atoms with E-state index in [0.29, 0.717) is 4.05 Å². The van der Waals surface area contributed by atoms with Gasteiger partial charge >= 0.3 is 0 Å². The molecule has 0 aliphatic carbocycles. The summed E-state index contributed by atoms with van der Waals surface area (Å²) in [6.45, 7) is 0. The Balaban J connectivity index is 2.34. The molecule has 0 radical (unpaired) electrons. The van der Waals surface area contributed by atoms with Gasteiger partial charge in [-0.15, -0.1) is 0 Å². The zero-order valence-corrected chi connectivity index (χ0v) is 6.64. The molecule has 0 aromatic rings. The first-order valence-corrected chi connectivity index (χ1v) is 3.97. The number of carbonyl (C=O) groups excluding carboxylic acids is 1. The number of piperidine rings is 1. The van der Waals surface area contributed by atoms with Crippen molar-refractivity contribution in [1.29, 1.82) is 0 Å². The summed E-state index contributed by atoms with van der Waals surface area (Å²) in [6, 6.07) is 0. The largest absolute Gasteiger partial charge is 0.344 e. The molecule has 0 aromatic carbocycles. The Bertz CT molecular complexity index is 105. The molecule has 0 aromatic heterocycles. The Labute approximate surface area is 62.2 Å². The van der Waals surface area contributed by atoms with E-state index < -0.39 is 0 Å². The minimum atomic E-state index is 0.204. The number of nitrogens with one attached hydrogen (secondary N) is 1. The SMILES string of the molecule is O=C1CCCC(I)N1. The van der Waals surface area contributed by atoms with Crippen LogP contribution in [0.4, 0.5) is 0 Å². The van der Waals surface area contributed by atoms with Gasteiger partial charge in [0.15, 0.2) is 0 Å². The average Bonchev–Trinajstić information content (AvgIpc) is 1.64. The molecular weight excluding hydrogens is 217 g/mol. The van der Waals surface area contributed by atoms with Crippen LogP contribution in [0.1, 0.15) is 19.3 Å². The van der Waals surface area contributed by atoms with E-state index in [2.05, 4.69) is 27.9 Å². The van der Waals surface area contributed by atoms with Gasteiger partial charge in [-0.3, -0.25) is 4.79 Å². The van der Waals surface area contributed by atoms with Crippen molar-refractivity contribution in [3.8, 4) is 0 Å². The Hall–Kier alpha value is 0.200. The monoisotopic (exact) mass is 225 g/mol. The first-order valence-electron chi connectivity index (χ1n) is 2.72. The second-order valence-corrected chi connectivity index (χ2v) is 3.43. The average molecular weight is 225 g/mol. The van der Waals surface area contributed by atoms with Crippen molar-refractivity contribution in [2.75, 3.05) is 0 Å². The van der Waals surface area contributed by atoms with Gasteiger partial charge in [-0.25, -0.2) is 0 Å². The van der Waals surface area contributed by atoms with Gasteiger partial charge in [-0.2, -0.15) is 0 Å². The highest BCUT2D eigenvalue weighted by molar-refractivity contribution is 14.1. The minimum absolute atomic E-state index is 0.204. The van der Waals surface area contributed by atoms with Gasteiger partial charge in [-0.1, -0.05) is 22.6 Å². The van der Waals surface area contributed by atoms with E-state index in [0.717, 1.165) is 19.3 Å². The summed E-state index contributed by atoms with van der Waals surface area (Å²) in [4.78, 5) is 10.6. The topological polar surface area (TPSA) is 29.1 Å². The highest BCUT2D eigenvalue weighted by atomic mass is 127. The van der Waals surface area contributed by atoms with Crippen LogP contribution in [0.2, 0.25) is 0 Å². The fourth-order valence-corrected chi connectivity index (χ4v) is 1.55.